The number of anilines is 1. The summed E-state index contributed by atoms with van der Waals surface area (Å²) in [4.78, 5) is 23.0. The molecule has 3 aromatic heterocycles. The van der Waals surface area contributed by atoms with Crippen LogP contribution >= 0.6 is 22.7 Å². The van der Waals surface area contributed by atoms with E-state index in [0.29, 0.717) is 5.13 Å². The minimum atomic E-state index is -0.728. The molecule has 0 aromatic carbocycles. The van der Waals surface area contributed by atoms with E-state index in [0.717, 1.165) is 35.0 Å². The average Bonchev–Trinajstić information content (AvgIpc) is 3.19. The molecule has 0 unspecified atom stereocenters. The van der Waals surface area contributed by atoms with E-state index in [2.05, 4.69) is 15.3 Å². The Morgan fingerprint density at radius 1 is 1.38 bits per heavy atom. The molecule has 0 aliphatic heterocycles. The van der Waals surface area contributed by atoms with Crippen LogP contribution in [0.1, 0.15) is 20.2 Å². The van der Waals surface area contributed by atoms with E-state index in [9.17, 15) is 9.18 Å². The molecule has 24 heavy (non-hydrogen) atoms. The Kier molecular flexibility index (Phi) is 3.78. The fraction of sp³-hybridized carbons (Fsp3) is 0.188. The van der Waals surface area contributed by atoms with Gasteiger partial charge in [0, 0.05) is 21.4 Å². The second-order valence-electron chi connectivity index (χ2n) is 5.21. The second-order valence-corrected chi connectivity index (χ2v) is 7.29. The number of fused-ring (bicyclic) bond motifs is 3. The Morgan fingerprint density at radius 3 is 3.00 bits per heavy atom. The van der Waals surface area contributed by atoms with Crippen LogP contribution < -0.4 is 10.1 Å². The van der Waals surface area contributed by atoms with E-state index in [-0.39, 0.29) is 11.4 Å². The highest BCUT2D eigenvalue weighted by Crippen LogP contribution is 2.40. The van der Waals surface area contributed by atoms with Crippen LogP contribution in [0.3, 0.4) is 0 Å². The van der Waals surface area contributed by atoms with Crippen LogP contribution in [0.15, 0.2) is 23.7 Å². The number of rotatable bonds is 3. The molecule has 0 spiro atoms. The van der Waals surface area contributed by atoms with Crippen molar-refractivity contribution >= 4 is 33.7 Å². The quantitative estimate of drug-likeness (QED) is 0.771. The van der Waals surface area contributed by atoms with Gasteiger partial charge in [-0.05, 0) is 24.3 Å². The van der Waals surface area contributed by atoms with Gasteiger partial charge in [-0.2, -0.15) is 0 Å². The lowest BCUT2D eigenvalue weighted by Gasteiger charge is -2.08. The van der Waals surface area contributed by atoms with Gasteiger partial charge in [-0.25, -0.2) is 14.4 Å². The topological polar surface area (TPSA) is 64.1 Å². The molecular formula is C16H12FN3O2S2. The number of pyridine rings is 1. The highest BCUT2D eigenvalue weighted by molar-refractivity contribution is 7.16. The summed E-state index contributed by atoms with van der Waals surface area (Å²) in [5.41, 5.74) is 1.77. The minimum Gasteiger partial charge on any atom is -0.495 e. The van der Waals surface area contributed by atoms with Crippen molar-refractivity contribution in [3.63, 3.8) is 0 Å². The van der Waals surface area contributed by atoms with E-state index in [1.807, 2.05) is 11.4 Å². The second kappa shape index (κ2) is 5.95. The molecule has 0 atom stereocenters. The minimum absolute atomic E-state index is 0.263. The van der Waals surface area contributed by atoms with E-state index in [4.69, 9.17) is 4.74 Å². The van der Waals surface area contributed by atoms with Crippen LogP contribution in [0.25, 0.3) is 11.3 Å². The zero-order valence-electron chi connectivity index (χ0n) is 12.6. The number of aryl methyl sites for hydroxylation is 2. The number of carbonyl (C=O) groups is 1. The predicted octanol–water partition coefficient (Wildman–Crippen LogP) is 3.77. The third-order valence-electron chi connectivity index (χ3n) is 3.76. The molecule has 4 rings (SSSR count). The largest absolute Gasteiger partial charge is 0.495 e. The Bertz CT molecular complexity index is 935. The smallest absolute Gasteiger partial charge is 0.279 e. The van der Waals surface area contributed by atoms with Crippen molar-refractivity contribution < 1.29 is 13.9 Å². The highest BCUT2D eigenvalue weighted by Gasteiger charge is 2.23. The first-order chi connectivity index (χ1) is 11.7. The van der Waals surface area contributed by atoms with Gasteiger partial charge in [0.1, 0.15) is 5.75 Å². The molecule has 0 saturated carbocycles. The van der Waals surface area contributed by atoms with Crippen LogP contribution in [-0.2, 0) is 12.8 Å². The van der Waals surface area contributed by atoms with Crippen LogP contribution in [0.4, 0.5) is 9.52 Å². The van der Waals surface area contributed by atoms with Crippen molar-refractivity contribution in [3.05, 3.63) is 45.0 Å². The summed E-state index contributed by atoms with van der Waals surface area (Å²) < 4.78 is 18.8. The number of ether oxygens (including phenoxy) is 1. The normalized spacial score (nSPS) is 12.4. The summed E-state index contributed by atoms with van der Waals surface area (Å²) in [6.07, 6.45) is 3.21. The molecule has 1 aliphatic rings. The van der Waals surface area contributed by atoms with E-state index < -0.39 is 11.7 Å². The molecule has 3 aromatic rings. The maximum absolute atomic E-state index is 14.0. The molecule has 0 saturated heterocycles. The van der Waals surface area contributed by atoms with Gasteiger partial charge in [0.25, 0.3) is 5.91 Å². The van der Waals surface area contributed by atoms with Gasteiger partial charge in [0.15, 0.2) is 16.6 Å². The molecular weight excluding hydrogens is 349 g/mol. The number of thiazole rings is 1. The third-order valence-corrected chi connectivity index (χ3v) is 5.78. The number of aromatic nitrogens is 2. The van der Waals surface area contributed by atoms with Gasteiger partial charge < -0.3 is 4.74 Å². The van der Waals surface area contributed by atoms with Crippen molar-refractivity contribution in [3.8, 4) is 17.0 Å². The molecule has 1 N–H and O–H groups in total. The van der Waals surface area contributed by atoms with Gasteiger partial charge in [0.05, 0.1) is 19.0 Å². The molecule has 5 nitrogen and oxygen atoms in total. The molecule has 0 bridgehead atoms. The first kappa shape index (κ1) is 15.2. The summed E-state index contributed by atoms with van der Waals surface area (Å²) in [5.74, 6) is -1.08. The summed E-state index contributed by atoms with van der Waals surface area (Å²) in [6, 6.07) is 3.18. The van der Waals surface area contributed by atoms with Gasteiger partial charge >= 0.3 is 0 Å². The summed E-state index contributed by atoms with van der Waals surface area (Å²) in [6.45, 7) is 0. The maximum atomic E-state index is 14.0. The zero-order chi connectivity index (χ0) is 16.7. The van der Waals surface area contributed by atoms with Crippen LogP contribution in [0, 0.1) is 5.82 Å². The van der Waals surface area contributed by atoms with Crippen molar-refractivity contribution in [2.75, 3.05) is 12.4 Å². The zero-order valence-corrected chi connectivity index (χ0v) is 14.3. The van der Waals surface area contributed by atoms with Crippen molar-refractivity contribution in [2.45, 2.75) is 12.8 Å². The van der Waals surface area contributed by atoms with Crippen LogP contribution in [-0.4, -0.2) is 23.0 Å². The summed E-state index contributed by atoms with van der Waals surface area (Å²) in [5, 5.41) is 5.15. The SMILES string of the molecule is COc1cnc(C(=O)Nc2nc3c(s2)CCc2sccc2-3)c(F)c1. The fourth-order valence-electron chi connectivity index (χ4n) is 2.61. The predicted molar refractivity (Wildman–Crippen MR) is 91.5 cm³/mol. The van der Waals surface area contributed by atoms with Crippen LogP contribution in [0.2, 0.25) is 0 Å². The summed E-state index contributed by atoms with van der Waals surface area (Å²) in [7, 11) is 1.41. The number of nitrogens with one attached hydrogen (secondary N) is 1. The molecule has 1 aliphatic carbocycles. The Labute approximate surface area is 145 Å². The van der Waals surface area contributed by atoms with Gasteiger partial charge in [-0.3, -0.25) is 10.1 Å². The van der Waals surface area contributed by atoms with Crippen LogP contribution in [0.5, 0.6) is 5.75 Å². The van der Waals surface area contributed by atoms with Gasteiger partial charge in [-0.15, -0.1) is 22.7 Å². The Hall–Kier alpha value is -2.32. The Balaban J connectivity index is 1.60. The highest BCUT2D eigenvalue weighted by atomic mass is 32.1. The third kappa shape index (κ3) is 2.57. The molecule has 8 heteroatoms. The lowest BCUT2D eigenvalue weighted by atomic mass is 10.0. The molecule has 1 amide bonds. The molecule has 0 radical (unpaired) electrons. The molecule has 0 fully saturated rings. The number of nitrogens with zero attached hydrogens (tertiary/aromatic N) is 2. The van der Waals surface area contributed by atoms with E-state index >= 15 is 0 Å². The first-order valence-corrected chi connectivity index (χ1v) is 8.92. The number of methoxy groups -OCH3 is 1. The maximum Gasteiger partial charge on any atom is 0.279 e. The molecule has 3 heterocycles. The van der Waals surface area contributed by atoms with E-state index in [1.165, 1.54) is 29.5 Å². The standard InChI is InChI=1S/C16H12FN3O2S2/c1-22-8-6-10(17)14(18-7-8)15(21)20-16-19-13-9-4-5-23-11(9)2-3-12(13)24-16/h4-7H,2-3H2,1H3,(H,19,20,21). The summed E-state index contributed by atoms with van der Waals surface area (Å²) >= 11 is 3.15. The lowest BCUT2D eigenvalue weighted by Crippen LogP contribution is -2.15. The number of carbonyl (C=O) groups excluding carboxylic acids is 1. The monoisotopic (exact) mass is 361 g/mol. The number of hydrogen-bond acceptors (Lipinski definition) is 6. The van der Waals surface area contributed by atoms with Gasteiger partial charge in [-0.1, -0.05) is 0 Å². The van der Waals surface area contributed by atoms with Crippen molar-refractivity contribution in [1.82, 2.24) is 9.97 Å². The number of thiophene rings is 1. The lowest BCUT2D eigenvalue weighted by molar-refractivity contribution is 0.101. The number of halogens is 1. The van der Waals surface area contributed by atoms with Crippen molar-refractivity contribution in [1.29, 1.82) is 0 Å². The number of amides is 1. The van der Waals surface area contributed by atoms with Crippen molar-refractivity contribution in [2.24, 2.45) is 0 Å². The fourth-order valence-corrected chi connectivity index (χ4v) is 4.46. The first-order valence-electron chi connectivity index (χ1n) is 7.23. The van der Waals surface area contributed by atoms with Gasteiger partial charge in [0.2, 0.25) is 0 Å². The van der Waals surface area contributed by atoms with E-state index in [1.54, 1.807) is 11.3 Å². The number of hydrogen-bond donors (Lipinski definition) is 1. The average molecular weight is 361 g/mol. The molecule has 122 valence electrons. The Morgan fingerprint density at radius 2 is 2.21 bits per heavy atom.